The molecule has 3 aromatic rings. The summed E-state index contributed by atoms with van der Waals surface area (Å²) in [7, 11) is 0. The van der Waals surface area contributed by atoms with Gasteiger partial charge in [0.15, 0.2) is 6.61 Å². The number of carbonyl (C=O) groups is 1. The van der Waals surface area contributed by atoms with E-state index in [-0.39, 0.29) is 12.5 Å². The van der Waals surface area contributed by atoms with Crippen LogP contribution in [-0.2, 0) is 4.79 Å². The van der Waals surface area contributed by atoms with Gasteiger partial charge in [0.05, 0.1) is 10.8 Å². The minimum atomic E-state index is -0.293. The SMILES string of the molecule is Cc1ccc(Sc2ccc(/C=N\NC(=O)COc3ccc(C4SCCS4)cc3)cc2)cc1. The lowest BCUT2D eigenvalue weighted by molar-refractivity contribution is -0.123. The number of rotatable bonds is 8. The van der Waals surface area contributed by atoms with Crippen molar-refractivity contribution in [2.75, 3.05) is 18.1 Å². The Morgan fingerprint density at radius 2 is 1.62 bits per heavy atom. The van der Waals surface area contributed by atoms with Crippen molar-refractivity contribution in [2.24, 2.45) is 5.10 Å². The molecule has 1 aliphatic heterocycles. The Morgan fingerprint density at radius 1 is 1.00 bits per heavy atom. The molecule has 0 atom stereocenters. The average molecular weight is 481 g/mol. The third-order valence-electron chi connectivity index (χ3n) is 4.68. The summed E-state index contributed by atoms with van der Waals surface area (Å²) in [6.07, 6.45) is 1.63. The Labute approximate surface area is 201 Å². The molecule has 4 nitrogen and oxygen atoms in total. The maximum absolute atomic E-state index is 12.0. The van der Waals surface area contributed by atoms with Crippen molar-refractivity contribution < 1.29 is 9.53 Å². The first-order valence-corrected chi connectivity index (χ1v) is 13.2. The quantitative estimate of drug-likeness (QED) is 0.309. The smallest absolute Gasteiger partial charge is 0.277 e. The maximum Gasteiger partial charge on any atom is 0.277 e. The number of carbonyl (C=O) groups excluding carboxylic acids is 1. The molecule has 0 aliphatic carbocycles. The van der Waals surface area contributed by atoms with E-state index in [1.54, 1.807) is 18.0 Å². The molecule has 7 heteroatoms. The topological polar surface area (TPSA) is 50.7 Å². The van der Waals surface area contributed by atoms with Gasteiger partial charge < -0.3 is 4.74 Å². The van der Waals surface area contributed by atoms with E-state index in [1.807, 2.05) is 59.9 Å². The van der Waals surface area contributed by atoms with Crippen molar-refractivity contribution in [3.63, 3.8) is 0 Å². The first-order chi connectivity index (χ1) is 15.7. The third kappa shape index (κ3) is 6.82. The molecule has 0 saturated carbocycles. The van der Waals surface area contributed by atoms with Gasteiger partial charge in [-0.3, -0.25) is 4.79 Å². The second-order valence-corrected chi connectivity index (χ2v) is 11.1. The molecule has 0 aromatic heterocycles. The van der Waals surface area contributed by atoms with Crippen molar-refractivity contribution in [1.29, 1.82) is 0 Å². The number of ether oxygens (including phenoxy) is 1. The van der Waals surface area contributed by atoms with Gasteiger partial charge in [-0.05, 0) is 54.4 Å². The molecule has 0 spiro atoms. The molecular weight excluding hydrogens is 456 g/mol. The zero-order chi connectivity index (χ0) is 22.2. The van der Waals surface area contributed by atoms with E-state index in [0.717, 1.165) is 10.5 Å². The number of hydrazone groups is 1. The Morgan fingerprint density at radius 3 is 2.28 bits per heavy atom. The van der Waals surface area contributed by atoms with E-state index in [1.165, 1.54) is 27.5 Å². The van der Waals surface area contributed by atoms with Crippen molar-refractivity contribution in [3.05, 3.63) is 89.5 Å². The van der Waals surface area contributed by atoms with Crippen LogP contribution in [0.15, 0.2) is 87.7 Å². The Balaban J connectivity index is 1.20. The van der Waals surface area contributed by atoms with Gasteiger partial charge in [-0.15, -0.1) is 23.5 Å². The number of nitrogens with one attached hydrogen (secondary N) is 1. The third-order valence-corrected chi connectivity index (χ3v) is 8.80. The van der Waals surface area contributed by atoms with E-state index in [9.17, 15) is 4.79 Å². The lowest BCUT2D eigenvalue weighted by atomic mass is 10.2. The molecule has 4 rings (SSSR count). The zero-order valence-corrected chi connectivity index (χ0v) is 20.1. The van der Waals surface area contributed by atoms with E-state index >= 15 is 0 Å². The highest BCUT2D eigenvalue weighted by Crippen LogP contribution is 2.45. The van der Waals surface area contributed by atoms with Gasteiger partial charge in [-0.1, -0.05) is 53.7 Å². The van der Waals surface area contributed by atoms with Gasteiger partial charge in [0.25, 0.3) is 5.91 Å². The van der Waals surface area contributed by atoms with E-state index in [2.05, 4.69) is 53.8 Å². The van der Waals surface area contributed by atoms with Crippen LogP contribution in [0.5, 0.6) is 5.75 Å². The van der Waals surface area contributed by atoms with Crippen LogP contribution in [-0.4, -0.2) is 30.2 Å². The predicted octanol–water partition coefficient (Wildman–Crippen LogP) is 6.15. The molecule has 1 saturated heterocycles. The summed E-state index contributed by atoms with van der Waals surface area (Å²) in [6.45, 7) is 2.01. The molecule has 1 N–H and O–H groups in total. The van der Waals surface area contributed by atoms with Gasteiger partial charge in [-0.2, -0.15) is 5.10 Å². The number of benzene rings is 3. The van der Waals surface area contributed by atoms with Crippen LogP contribution >= 0.6 is 35.3 Å². The highest BCUT2D eigenvalue weighted by Gasteiger charge is 2.17. The highest BCUT2D eigenvalue weighted by atomic mass is 32.2. The summed E-state index contributed by atoms with van der Waals surface area (Å²) in [5, 5.41) is 4.03. The maximum atomic E-state index is 12.0. The van der Waals surface area contributed by atoms with Gasteiger partial charge in [0.2, 0.25) is 0 Å². The summed E-state index contributed by atoms with van der Waals surface area (Å²) in [4.78, 5) is 14.4. The van der Waals surface area contributed by atoms with Crippen LogP contribution in [0.1, 0.15) is 21.3 Å². The lowest BCUT2D eigenvalue weighted by Gasteiger charge is -2.10. The fourth-order valence-electron chi connectivity index (χ4n) is 3.00. The summed E-state index contributed by atoms with van der Waals surface area (Å²) < 4.78 is 6.08. The fraction of sp³-hybridized carbons (Fsp3) is 0.200. The number of thioether (sulfide) groups is 2. The van der Waals surface area contributed by atoms with Gasteiger partial charge in [0, 0.05) is 21.3 Å². The molecule has 164 valence electrons. The molecule has 0 unspecified atom stereocenters. The molecule has 3 aromatic carbocycles. The average Bonchev–Trinajstić information content (AvgIpc) is 3.36. The summed E-state index contributed by atoms with van der Waals surface area (Å²) in [6, 6.07) is 24.5. The fourth-order valence-corrected chi connectivity index (χ4v) is 6.67. The molecule has 1 amide bonds. The molecule has 1 fully saturated rings. The molecule has 1 heterocycles. The number of aryl methyl sites for hydroxylation is 1. The molecular formula is C25H24N2O2S3. The number of amides is 1. The second kappa shape index (κ2) is 11.5. The predicted molar refractivity (Wildman–Crippen MR) is 137 cm³/mol. The zero-order valence-electron chi connectivity index (χ0n) is 17.7. The van der Waals surface area contributed by atoms with Crippen LogP contribution in [0, 0.1) is 6.92 Å². The van der Waals surface area contributed by atoms with Crippen molar-refractivity contribution in [1.82, 2.24) is 5.43 Å². The van der Waals surface area contributed by atoms with Gasteiger partial charge in [-0.25, -0.2) is 5.43 Å². The largest absolute Gasteiger partial charge is 0.484 e. The summed E-state index contributed by atoms with van der Waals surface area (Å²) in [5.41, 5.74) is 5.97. The highest BCUT2D eigenvalue weighted by molar-refractivity contribution is 8.19. The van der Waals surface area contributed by atoms with Crippen LogP contribution < -0.4 is 10.2 Å². The summed E-state index contributed by atoms with van der Waals surface area (Å²) >= 11 is 5.65. The van der Waals surface area contributed by atoms with Crippen LogP contribution in [0.3, 0.4) is 0 Å². The molecule has 0 bridgehead atoms. The molecule has 0 radical (unpaired) electrons. The minimum absolute atomic E-state index is 0.0737. The Kier molecular flexibility index (Phi) is 8.20. The monoisotopic (exact) mass is 480 g/mol. The first-order valence-electron chi connectivity index (χ1n) is 10.3. The lowest BCUT2D eigenvalue weighted by Crippen LogP contribution is -2.24. The van der Waals surface area contributed by atoms with Crippen molar-refractivity contribution >= 4 is 47.4 Å². The van der Waals surface area contributed by atoms with Crippen molar-refractivity contribution in [3.8, 4) is 5.75 Å². The summed E-state index contributed by atoms with van der Waals surface area (Å²) in [5.74, 6) is 2.79. The second-order valence-electron chi connectivity index (χ2n) is 7.21. The van der Waals surface area contributed by atoms with E-state index in [0.29, 0.717) is 10.3 Å². The van der Waals surface area contributed by atoms with Crippen LogP contribution in [0.4, 0.5) is 0 Å². The number of nitrogens with zero attached hydrogens (tertiary/aromatic N) is 1. The van der Waals surface area contributed by atoms with E-state index in [4.69, 9.17) is 4.74 Å². The molecule has 1 aliphatic rings. The van der Waals surface area contributed by atoms with E-state index < -0.39 is 0 Å². The standard InChI is InChI=1S/C25H24N2O2S3/c1-18-2-10-22(11-3-18)32-23-12-4-19(5-13-23)16-26-27-24(28)17-29-21-8-6-20(7-9-21)25-30-14-15-31-25/h2-13,16,25H,14-15,17H2,1H3,(H,27,28)/b26-16-. The number of hydrogen-bond donors (Lipinski definition) is 1. The molecule has 32 heavy (non-hydrogen) atoms. The van der Waals surface area contributed by atoms with Crippen molar-refractivity contribution in [2.45, 2.75) is 21.3 Å². The first kappa shape index (κ1) is 22.8. The van der Waals surface area contributed by atoms with Gasteiger partial charge >= 0.3 is 0 Å². The number of hydrogen-bond acceptors (Lipinski definition) is 6. The van der Waals surface area contributed by atoms with Crippen LogP contribution in [0.25, 0.3) is 0 Å². The Hall–Kier alpha value is -2.35. The van der Waals surface area contributed by atoms with Gasteiger partial charge in [0.1, 0.15) is 5.75 Å². The van der Waals surface area contributed by atoms with Crippen LogP contribution in [0.2, 0.25) is 0 Å². The minimum Gasteiger partial charge on any atom is -0.484 e. The normalized spacial score (nSPS) is 14.0. The Bertz CT molecular complexity index is 1050.